The van der Waals surface area contributed by atoms with Crippen molar-refractivity contribution < 1.29 is 23.5 Å². The van der Waals surface area contributed by atoms with Crippen molar-refractivity contribution in [1.82, 2.24) is 20.0 Å². The molecule has 0 unspecified atom stereocenters. The fourth-order valence-electron chi connectivity index (χ4n) is 5.11. The summed E-state index contributed by atoms with van der Waals surface area (Å²) in [5, 5.41) is 2.82. The van der Waals surface area contributed by atoms with E-state index in [2.05, 4.69) is 10.2 Å². The zero-order valence-electron chi connectivity index (χ0n) is 20.9. The van der Waals surface area contributed by atoms with Crippen molar-refractivity contribution in [1.29, 1.82) is 0 Å². The second-order valence-electron chi connectivity index (χ2n) is 9.28. The van der Waals surface area contributed by atoms with E-state index in [1.54, 1.807) is 24.1 Å². The fourth-order valence-corrected chi connectivity index (χ4v) is 5.11. The van der Waals surface area contributed by atoms with Gasteiger partial charge in [-0.3, -0.25) is 14.5 Å². The van der Waals surface area contributed by atoms with E-state index in [-0.39, 0.29) is 30.9 Å². The molecule has 4 amide bonds. The van der Waals surface area contributed by atoms with Crippen molar-refractivity contribution in [2.24, 2.45) is 0 Å². The van der Waals surface area contributed by atoms with Crippen LogP contribution in [0.15, 0.2) is 59.8 Å². The summed E-state index contributed by atoms with van der Waals surface area (Å²) in [6.07, 6.45) is 0. The van der Waals surface area contributed by atoms with Gasteiger partial charge in [-0.25, -0.2) is 9.18 Å². The van der Waals surface area contributed by atoms with Gasteiger partial charge >= 0.3 is 6.03 Å². The number of anilines is 1. The van der Waals surface area contributed by atoms with Crippen LogP contribution in [0.4, 0.5) is 14.9 Å². The van der Waals surface area contributed by atoms with Crippen molar-refractivity contribution in [3.63, 3.8) is 0 Å². The van der Waals surface area contributed by atoms with Crippen molar-refractivity contribution >= 4 is 23.5 Å². The standard InChI is InChI=1S/C27H30FN5O4/c1-3-37-22-7-5-4-6-20(22)31-12-14-32(15-13-31)23(34)17-33-16-21-24(26(33)35)25(29-27(36)30(21)2)18-8-10-19(28)11-9-18/h4-11,25H,3,12-17H2,1-2H3,(H,29,36)/t25-/m0/s1. The number of urea groups is 1. The number of carbonyl (C=O) groups excluding carboxylic acids is 3. The molecule has 3 heterocycles. The van der Waals surface area contributed by atoms with Crippen molar-refractivity contribution in [3.8, 4) is 5.75 Å². The highest BCUT2D eigenvalue weighted by Crippen LogP contribution is 2.36. The Kier molecular flexibility index (Phi) is 6.73. The minimum absolute atomic E-state index is 0.0699. The Hall–Kier alpha value is -4.08. The Balaban J connectivity index is 1.25. The van der Waals surface area contributed by atoms with Crippen LogP contribution in [0.2, 0.25) is 0 Å². The summed E-state index contributed by atoms with van der Waals surface area (Å²) in [5.74, 6) is -0.00394. The van der Waals surface area contributed by atoms with Crippen LogP contribution in [-0.4, -0.2) is 85.5 Å². The molecule has 1 saturated heterocycles. The number of halogens is 1. The molecule has 10 heteroatoms. The Morgan fingerprint density at radius 1 is 1.05 bits per heavy atom. The summed E-state index contributed by atoms with van der Waals surface area (Å²) in [6, 6.07) is 12.5. The molecule has 1 N–H and O–H groups in total. The molecule has 0 aromatic heterocycles. The summed E-state index contributed by atoms with van der Waals surface area (Å²) >= 11 is 0. The van der Waals surface area contributed by atoms with E-state index >= 15 is 0 Å². The zero-order chi connectivity index (χ0) is 26.1. The van der Waals surface area contributed by atoms with Gasteiger partial charge in [-0.05, 0) is 36.8 Å². The van der Waals surface area contributed by atoms with Crippen molar-refractivity contribution in [2.45, 2.75) is 13.0 Å². The van der Waals surface area contributed by atoms with E-state index in [4.69, 9.17) is 4.74 Å². The van der Waals surface area contributed by atoms with Crippen LogP contribution >= 0.6 is 0 Å². The smallest absolute Gasteiger partial charge is 0.322 e. The summed E-state index contributed by atoms with van der Waals surface area (Å²) in [4.78, 5) is 46.0. The molecule has 2 aromatic rings. The summed E-state index contributed by atoms with van der Waals surface area (Å²) in [7, 11) is 1.60. The molecule has 3 aliphatic heterocycles. The monoisotopic (exact) mass is 507 g/mol. The van der Waals surface area contributed by atoms with Gasteiger partial charge in [0.1, 0.15) is 18.1 Å². The minimum Gasteiger partial charge on any atom is -0.492 e. The molecule has 194 valence electrons. The highest BCUT2D eigenvalue weighted by atomic mass is 19.1. The van der Waals surface area contributed by atoms with E-state index in [9.17, 15) is 18.8 Å². The Bertz CT molecular complexity index is 1240. The van der Waals surface area contributed by atoms with Crippen LogP contribution in [0.3, 0.4) is 0 Å². The number of piperazine rings is 1. The third-order valence-corrected chi connectivity index (χ3v) is 7.10. The van der Waals surface area contributed by atoms with Gasteiger partial charge in [-0.1, -0.05) is 24.3 Å². The maximum absolute atomic E-state index is 13.5. The number of hydrogen-bond acceptors (Lipinski definition) is 5. The first-order valence-corrected chi connectivity index (χ1v) is 12.4. The molecule has 2 aromatic carbocycles. The largest absolute Gasteiger partial charge is 0.492 e. The number of nitrogens with zero attached hydrogens (tertiary/aromatic N) is 4. The number of para-hydroxylation sites is 2. The highest BCUT2D eigenvalue weighted by molar-refractivity contribution is 6.03. The van der Waals surface area contributed by atoms with Crippen LogP contribution in [0.5, 0.6) is 5.75 Å². The van der Waals surface area contributed by atoms with E-state index in [0.717, 1.165) is 11.4 Å². The molecule has 0 bridgehead atoms. The number of nitrogens with one attached hydrogen (secondary N) is 1. The summed E-state index contributed by atoms with van der Waals surface area (Å²) < 4.78 is 19.2. The molecule has 9 nitrogen and oxygen atoms in total. The lowest BCUT2D eigenvalue weighted by atomic mass is 9.96. The number of hydrogen-bond donors (Lipinski definition) is 1. The van der Waals surface area contributed by atoms with Crippen molar-refractivity contribution in [3.05, 3.63) is 71.2 Å². The average Bonchev–Trinajstić information content (AvgIpc) is 3.23. The lowest BCUT2D eigenvalue weighted by molar-refractivity contribution is -0.137. The number of amides is 4. The SMILES string of the molecule is CCOc1ccccc1N1CCN(C(=O)CN2CC3=C(C2=O)[C@H](c2ccc(F)cc2)NC(=O)N3C)CC1. The predicted molar refractivity (Wildman–Crippen MR) is 135 cm³/mol. The third kappa shape index (κ3) is 4.71. The Labute approximate surface area is 215 Å². The number of carbonyl (C=O) groups is 3. The maximum atomic E-state index is 13.5. The van der Waals surface area contributed by atoms with Gasteiger partial charge in [-0.15, -0.1) is 0 Å². The van der Waals surface area contributed by atoms with Crippen LogP contribution < -0.4 is 15.0 Å². The Morgan fingerprint density at radius 2 is 1.76 bits per heavy atom. The molecule has 0 radical (unpaired) electrons. The molecular formula is C27H30FN5O4. The predicted octanol–water partition coefficient (Wildman–Crippen LogP) is 2.37. The summed E-state index contributed by atoms with van der Waals surface area (Å²) in [6.45, 7) is 5.02. The van der Waals surface area contributed by atoms with E-state index in [1.807, 2.05) is 31.2 Å². The first kappa shape index (κ1) is 24.6. The molecule has 0 spiro atoms. The minimum atomic E-state index is -0.694. The Morgan fingerprint density at radius 3 is 2.46 bits per heavy atom. The van der Waals surface area contributed by atoms with Crippen LogP contribution in [0, 0.1) is 5.82 Å². The van der Waals surface area contributed by atoms with Crippen LogP contribution in [-0.2, 0) is 9.59 Å². The first-order valence-electron chi connectivity index (χ1n) is 12.4. The second-order valence-corrected chi connectivity index (χ2v) is 9.28. The van der Waals surface area contributed by atoms with Gasteiger partial charge in [-0.2, -0.15) is 0 Å². The molecule has 3 aliphatic rings. The molecule has 0 aliphatic carbocycles. The summed E-state index contributed by atoms with van der Waals surface area (Å²) in [5.41, 5.74) is 2.60. The van der Waals surface area contributed by atoms with Crippen LogP contribution in [0.25, 0.3) is 0 Å². The van der Waals surface area contributed by atoms with E-state index in [1.165, 1.54) is 21.9 Å². The van der Waals surface area contributed by atoms with E-state index < -0.39 is 11.9 Å². The van der Waals surface area contributed by atoms with Gasteiger partial charge in [0.25, 0.3) is 5.91 Å². The number of rotatable bonds is 6. The molecule has 37 heavy (non-hydrogen) atoms. The molecular weight excluding hydrogens is 477 g/mol. The average molecular weight is 508 g/mol. The lowest BCUT2D eigenvalue weighted by Gasteiger charge is -2.37. The normalized spacial score (nSPS) is 19.8. The highest BCUT2D eigenvalue weighted by Gasteiger charge is 2.43. The number of likely N-dealkylation sites (N-methyl/N-ethyl adjacent to an activating group) is 1. The number of benzene rings is 2. The lowest BCUT2D eigenvalue weighted by Crippen LogP contribution is -2.51. The quantitative estimate of drug-likeness (QED) is 0.649. The molecule has 1 atom stereocenters. The molecule has 5 rings (SSSR count). The molecule has 1 fully saturated rings. The molecule has 0 saturated carbocycles. The van der Waals surface area contributed by atoms with Crippen molar-refractivity contribution in [2.75, 3.05) is 57.8 Å². The van der Waals surface area contributed by atoms with E-state index in [0.29, 0.717) is 49.6 Å². The maximum Gasteiger partial charge on any atom is 0.322 e. The van der Waals surface area contributed by atoms with Gasteiger partial charge in [0.2, 0.25) is 5.91 Å². The zero-order valence-corrected chi connectivity index (χ0v) is 20.9. The second kappa shape index (κ2) is 10.1. The fraction of sp³-hybridized carbons (Fsp3) is 0.370. The third-order valence-electron chi connectivity index (χ3n) is 7.10. The van der Waals surface area contributed by atoms with Gasteiger partial charge in [0.05, 0.1) is 36.2 Å². The van der Waals surface area contributed by atoms with Gasteiger partial charge in [0, 0.05) is 33.2 Å². The number of ether oxygens (including phenoxy) is 1. The van der Waals surface area contributed by atoms with Crippen LogP contribution in [0.1, 0.15) is 18.5 Å². The van der Waals surface area contributed by atoms with Gasteiger partial charge < -0.3 is 24.8 Å². The van der Waals surface area contributed by atoms with Gasteiger partial charge in [0.15, 0.2) is 0 Å². The topological polar surface area (TPSA) is 85.4 Å². The first-order chi connectivity index (χ1) is 17.9.